The molecule has 3 heteroatoms. The third-order valence-corrected chi connectivity index (χ3v) is 3.64. The zero-order chi connectivity index (χ0) is 14.1. The van der Waals surface area contributed by atoms with Crippen molar-refractivity contribution >= 4 is 16.7 Å². The van der Waals surface area contributed by atoms with E-state index < -0.39 is 0 Å². The summed E-state index contributed by atoms with van der Waals surface area (Å²) in [6, 6.07) is 13.2. The molecular weight excluding hydrogens is 250 g/mol. The van der Waals surface area contributed by atoms with Crippen LogP contribution in [0.2, 0.25) is 0 Å². The Hall–Kier alpha value is -2.29. The van der Waals surface area contributed by atoms with Crippen molar-refractivity contribution in [3.63, 3.8) is 0 Å². The van der Waals surface area contributed by atoms with Gasteiger partial charge in [0.2, 0.25) is 0 Å². The molecule has 0 saturated heterocycles. The van der Waals surface area contributed by atoms with E-state index in [2.05, 4.69) is 36.9 Å². The lowest BCUT2D eigenvalue weighted by atomic mass is 10.1. The topological polar surface area (TPSA) is 33.5 Å². The molecule has 1 aromatic rings. The number of anilines is 1. The molecule has 20 heavy (non-hydrogen) atoms. The van der Waals surface area contributed by atoms with E-state index in [4.69, 9.17) is 4.42 Å². The average Bonchev–Trinajstić information content (AvgIpc) is 2.46. The monoisotopic (exact) mass is 267 g/mol. The molecule has 102 valence electrons. The molecule has 3 nitrogen and oxygen atoms in total. The highest BCUT2D eigenvalue weighted by atomic mass is 16.3. The summed E-state index contributed by atoms with van der Waals surface area (Å²) in [5.41, 5.74) is 2.88. The molecule has 1 aliphatic carbocycles. The van der Waals surface area contributed by atoms with Gasteiger partial charge in [0.1, 0.15) is 11.3 Å². The summed E-state index contributed by atoms with van der Waals surface area (Å²) in [7, 11) is 0. The van der Waals surface area contributed by atoms with E-state index >= 15 is 0 Å². The van der Waals surface area contributed by atoms with Crippen LogP contribution in [0.5, 0.6) is 0 Å². The highest BCUT2D eigenvalue weighted by molar-refractivity contribution is 5.85. The largest absolute Gasteiger partial charge is 0.456 e. The number of hydrogen-bond donors (Lipinski definition) is 0. The Morgan fingerprint density at radius 1 is 1.00 bits per heavy atom. The molecule has 0 fully saturated rings. The summed E-state index contributed by atoms with van der Waals surface area (Å²) < 4.78 is 5.88. The molecule has 0 spiro atoms. The molecule has 0 atom stereocenters. The van der Waals surface area contributed by atoms with Crippen molar-refractivity contribution in [3.8, 4) is 11.3 Å². The molecular formula is C17H17NO2. The van der Waals surface area contributed by atoms with Crippen LogP contribution in [0.1, 0.15) is 13.8 Å². The van der Waals surface area contributed by atoms with Gasteiger partial charge in [-0.3, -0.25) is 4.79 Å². The first kappa shape index (κ1) is 12.7. The lowest BCUT2D eigenvalue weighted by Crippen LogP contribution is -2.21. The van der Waals surface area contributed by atoms with Gasteiger partial charge in [-0.25, -0.2) is 0 Å². The highest BCUT2D eigenvalue weighted by Gasteiger charge is 2.09. The van der Waals surface area contributed by atoms with Crippen LogP contribution in [0.4, 0.5) is 5.69 Å². The Kier molecular flexibility index (Phi) is 3.18. The van der Waals surface area contributed by atoms with Crippen LogP contribution < -0.4 is 10.3 Å². The molecule has 0 saturated carbocycles. The number of fused-ring (bicyclic) bond motifs is 2. The van der Waals surface area contributed by atoms with Crippen molar-refractivity contribution < 1.29 is 4.42 Å². The van der Waals surface area contributed by atoms with Crippen molar-refractivity contribution in [2.24, 2.45) is 0 Å². The summed E-state index contributed by atoms with van der Waals surface area (Å²) >= 11 is 0. The summed E-state index contributed by atoms with van der Waals surface area (Å²) in [6.07, 6.45) is 0. The third-order valence-electron chi connectivity index (χ3n) is 3.64. The maximum absolute atomic E-state index is 11.4. The van der Waals surface area contributed by atoms with E-state index in [1.54, 1.807) is 18.2 Å². The minimum atomic E-state index is -0.0273. The van der Waals surface area contributed by atoms with Crippen LogP contribution >= 0.6 is 0 Å². The molecule has 0 N–H and O–H groups in total. The van der Waals surface area contributed by atoms with Gasteiger partial charge in [0.25, 0.3) is 0 Å². The molecule has 0 bridgehead atoms. The van der Waals surface area contributed by atoms with Crippen molar-refractivity contribution in [2.45, 2.75) is 13.8 Å². The van der Waals surface area contributed by atoms with Crippen LogP contribution in [0.15, 0.2) is 51.7 Å². The Morgan fingerprint density at radius 3 is 2.55 bits per heavy atom. The summed E-state index contributed by atoms with van der Waals surface area (Å²) in [5.74, 6) is 0.640. The molecule has 1 aliphatic heterocycles. The smallest absolute Gasteiger partial charge is 0.182 e. The predicted octanol–water partition coefficient (Wildman–Crippen LogP) is 3.74. The van der Waals surface area contributed by atoms with E-state index in [-0.39, 0.29) is 5.43 Å². The summed E-state index contributed by atoms with van der Waals surface area (Å²) in [5, 5.41) is 1.05. The SMILES string of the molecule is CCN(CC)c1ccc2cc3ccc(=O)cc-3oc2c1. The number of rotatable bonds is 3. The second-order valence-electron chi connectivity index (χ2n) is 4.84. The van der Waals surface area contributed by atoms with Crippen LogP contribution in [-0.4, -0.2) is 13.1 Å². The Morgan fingerprint density at radius 2 is 1.80 bits per heavy atom. The van der Waals surface area contributed by atoms with Gasteiger partial charge in [-0.1, -0.05) is 0 Å². The van der Waals surface area contributed by atoms with E-state index in [0.29, 0.717) is 5.76 Å². The number of benzene rings is 2. The van der Waals surface area contributed by atoms with Gasteiger partial charge in [0.15, 0.2) is 5.43 Å². The van der Waals surface area contributed by atoms with E-state index in [1.807, 2.05) is 6.07 Å². The molecule has 2 aliphatic rings. The maximum Gasteiger partial charge on any atom is 0.182 e. The summed E-state index contributed by atoms with van der Waals surface area (Å²) in [6.45, 7) is 6.18. The van der Waals surface area contributed by atoms with Crippen LogP contribution in [0.3, 0.4) is 0 Å². The molecule has 0 unspecified atom stereocenters. The standard InChI is InChI=1S/C17H17NO2/c1-3-18(4-2)14-7-5-12-9-13-6-8-15(19)11-17(13)20-16(12)10-14/h5-11H,3-4H2,1-2H3. The first-order valence-electron chi connectivity index (χ1n) is 6.94. The van der Waals surface area contributed by atoms with Crippen LogP contribution in [0.25, 0.3) is 22.3 Å². The Bertz CT molecular complexity index is 771. The summed E-state index contributed by atoms with van der Waals surface area (Å²) in [4.78, 5) is 13.7. The predicted molar refractivity (Wildman–Crippen MR) is 82.7 cm³/mol. The quantitative estimate of drug-likeness (QED) is 0.678. The number of hydrogen-bond acceptors (Lipinski definition) is 3. The fraction of sp³-hybridized carbons (Fsp3) is 0.235. The van der Waals surface area contributed by atoms with E-state index in [1.165, 1.54) is 0 Å². The van der Waals surface area contributed by atoms with Crippen LogP contribution in [-0.2, 0) is 0 Å². The van der Waals surface area contributed by atoms with Crippen molar-refractivity contribution in [3.05, 3.63) is 52.7 Å². The number of nitrogens with zero attached hydrogens (tertiary/aromatic N) is 1. The Balaban J connectivity index is 2.21. The van der Waals surface area contributed by atoms with Crippen molar-refractivity contribution in [1.82, 2.24) is 0 Å². The van der Waals surface area contributed by atoms with Gasteiger partial charge in [-0.15, -0.1) is 0 Å². The van der Waals surface area contributed by atoms with Crippen molar-refractivity contribution in [1.29, 1.82) is 0 Å². The average molecular weight is 267 g/mol. The first-order valence-corrected chi connectivity index (χ1v) is 6.94. The lowest BCUT2D eigenvalue weighted by Gasteiger charge is -2.21. The lowest BCUT2D eigenvalue weighted by molar-refractivity contribution is 0.618. The molecule has 0 amide bonds. The van der Waals surface area contributed by atoms with Crippen molar-refractivity contribution in [2.75, 3.05) is 18.0 Å². The fourth-order valence-corrected chi connectivity index (χ4v) is 2.52. The first-order chi connectivity index (χ1) is 9.71. The maximum atomic E-state index is 11.4. The third kappa shape index (κ3) is 2.16. The van der Waals surface area contributed by atoms with Gasteiger partial charge in [0.05, 0.1) is 0 Å². The van der Waals surface area contributed by atoms with Crippen LogP contribution in [0, 0.1) is 0 Å². The highest BCUT2D eigenvalue weighted by Crippen LogP contribution is 2.29. The normalized spacial score (nSPS) is 11.1. The second-order valence-corrected chi connectivity index (χ2v) is 4.84. The van der Waals surface area contributed by atoms with Gasteiger partial charge in [0, 0.05) is 41.9 Å². The zero-order valence-corrected chi connectivity index (χ0v) is 11.7. The molecule has 0 radical (unpaired) electrons. The molecule has 0 aromatic heterocycles. The van der Waals surface area contributed by atoms with Gasteiger partial charge in [-0.2, -0.15) is 0 Å². The van der Waals surface area contributed by atoms with Gasteiger partial charge >= 0.3 is 0 Å². The van der Waals surface area contributed by atoms with E-state index in [9.17, 15) is 4.79 Å². The minimum absolute atomic E-state index is 0.0273. The zero-order valence-electron chi connectivity index (χ0n) is 11.7. The minimum Gasteiger partial charge on any atom is -0.456 e. The fourth-order valence-electron chi connectivity index (χ4n) is 2.52. The Labute approximate surface area is 117 Å². The second kappa shape index (κ2) is 5.00. The van der Waals surface area contributed by atoms with E-state index in [0.717, 1.165) is 35.3 Å². The molecule has 1 aromatic carbocycles. The molecule has 3 rings (SSSR count). The van der Waals surface area contributed by atoms with Gasteiger partial charge < -0.3 is 9.32 Å². The van der Waals surface area contributed by atoms with Gasteiger partial charge in [-0.05, 0) is 44.2 Å². The molecule has 1 heterocycles.